The summed E-state index contributed by atoms with van der Waals surface area (Å²) in [6.07, 6.45) is 2.77. The van der Waals surface area contributed by atoms with Crippen LogP contribution < -0.4 is 0 Å². The lowest BCUT2D eigenvalue weighted by Gasteiger charge is -2.47. The maximum Gasteiger partial charge on any atom is 0.108 e. The Morgan fingerprint density at radius 3 is 2.14 bits per heavy atom. The zero-order valence-corrected chi connectivity index (χ0v) is 14.9. The predicted molar refractivity (Wildman–Crippen MR) is 85.3 cm³/mol. The number of aliphatic hydroxyl groups is 1. The molecule has 1 aliphatic carbocycles. The smallest absolute Gasteiger partial charge is 0.108 e. The third kappa shape index (κ3) is 4.20. The van der Waals surface area contributed by atoms with E-state index in [0.29, 0.717) is 12.5 Å². The number of hydrogen-bond acceptors (Lipinski definition) is 3. The fourth-order valence-electron chi connectivity index (χ4n) is 3.62. The molecule has 21 heavy (non-hydrogen) atoms. The Kier molecular flexibility index (Phi) is 4.52. The van der Waals surface area contributed by atoms with Gasteiger partial charge >= 0.3 is 0 Å². The van der Waals surface area contributed by atoms with Gasteiger partial charge in [0.1, 0.15) is 6.10 Å². The van der Waals surface area contributed by atoms with Crippen LogP contribution in [0.5, 0.6) is 0 Å². The summed E-state index contributed by atoms with van der Waals surface area (Å²) in [5.41, 5.74) is 0.0927. The Balaban J connectivity index is 2.05. The lowest BCUT2D eigenvalue weighted by Crippen LogP contribution is -2.54. The Hall–Kier alpha value is -0.120. The first-order valence-electron chi connectivity index (χ1n) is 8.43. The Morgan fingerprint density at radius 1 is 1.14 bits per heavy atom. The van der Waals surface area contributed by atoms with Gasteiger partial charge in [0.15, 0.2) is 0 Å². The molecule has 124 valence electrons. The van der Waals surface area contributed by atoms with Gasteiger partial charge in [0.2, 0.25) is 0 Å². The summed E-state index contributed by atoms with van der Waals surface area (Å²) in [5, 5.41) is 10.7. The zero-order chi connectivity index (χ0) is 16.1. The largest absolute Gasteiger partial charge is 0.390 e. The minimum Gasteiger partial charge on any atom is -0.390 e. The third-order valence-electron chi connectivity index (χ3n) is 4.87. The van der Waals surface area contributed by atoms with Crippen LogP contribution in [-0.2, 0) is 9.47 Å². The summed E-state index contributed by atoms with van der Waals surface area (Å²) in [5.74, 6) is 0.729. The Bertz CT molecular complexity index is 358. The van der Waals surface area contributed by atoms with Crippen molar-refractivity contribution >= 4 is 0 Å². The molecule has 2 fully saturated rings. The van der Waals surface area contributed by atoms with Crippen molar-refractivity contribution in [2.45, 2.75) is 91.1 Å². The van der Waals surface area contributed by atoms with Gasteiger partial charge in [0.25, 0.3) is 0 Å². The van der Waals surface area contributed by atoms with E-state index in [9.17, 15) is 5.11 Å². The highest BCUT2D eigenvalue weighted by Gasteiger charge is 2.59. The summed E-state index contributed by atoms with van der Waals surface area (Å²) in [6, 6.07) is 0. The molecule has 0 radical (unpaired) electrons. The van der Waals surface area contributed by atoms with Gasteiger partial charge in [-0.3, -0.25) is 0 Å². The normalized spacial score (nSPS) is 36.0. The summed E-state index contributed by atoms with van der Waals surface area (Å²) in [7, 11) is 0. The molecule has 4 atom stereocenters. The number of aliphatic hydroxyl groups excluding tert-OH is 1. The van der Waals surface area contributed by atoms with Crippen LogP contribution in [-0.4, -0.2) is 35.1 Å². The zero-order valence-electron chi connectivity index (χ0n) is 14.9. The second-order valence-corrected chi connectivity index (χ2v) is 9.37. The van der Waals surface area contributed by atoms with E-state index in [1.807, 2.05) is 20.8 Å². The summed E-state index contributed by atoms with van der Waals surface area (Å²) < 4.78 is 12.2. The van der Waals surface area contributed by atoms with Crippen molar-refractivity contribution in [2.75, 3.05) is 6.61 Å². The molecule has 1 spiro atoms. The number of ether oxygens (including phenoxy) is 2. The first-order chi connectivity index (χ1) is 9.44. The van der Waals surface area contributed by atoms with E-state index in [-0.39, 0.29) is 28.6 Å². The molecule has 2 rings (SSSR count). The highest BCUT2D eigenvalue weighted by molar-refractivity contribution is 5.09. The SMILES string of the molecule is CC1C(O)C(COC(C)(C)C)OC2(CC2)C1CC(C)(C)C. The van der Waals surface area contributed by atoms with Crippen LogP contribution in [0.1, 0.15) is 67.7 Å². The van der Waals surface area contributed by atoms with E-state index in [1.165, 1.54) is 0 Å². The van der Waals surface area contributed by atoms with Gasteiger partial charge in [-0.05, 0) is 57.3 Å². The quantitative estimate of drug-likeness (QED) is 0.861. The van der Waals surface area contributed by atoms with Crippen molar-refractivity contribution in [3.8, 4) is 0 Å². The van der Waals surface area contributed by atoms with E-state index in [1.54, 1.807) is 0 Å². The molecule has 1 N–H and O–H groups in total. The second-order valence-electron chi connectivity index (χ2n) is 9.37. The molecule has 0 aromatic carbocycles. The summed E-state index contributed by atoms with van der Waals surface area (Å²) in [6.45, 7) is 15.6. The first kappa shape index (κ1) is 17.2. The standard InChI is InChI=1S/C18H34O3/c1-12-13(10-16(2,3)4)18(8-9-18)21-14(15(12)19)11-20-17(5,6)7/h12-15,19H,8-11H2,1-7H3. The molecule has 1 heterocycles. The summed E-state index contributed by atoms with van der Waals surface area (Å²) >= 11 is 0. The van der Waals surface area contributed by atoms with Crippen LogP contribution in [0.3, 0.4) is 0 Å². The van der Waals surface area contributed by atoms with Crippen molar-refractivity contribution in [3.05, 3.63) is 0 Å². The van der Waals surface area contributed by atoms with Crippen molar-refractivity contribution in [3.63, 3.8) is 0 Å². The molecular formula is C18H34O3. The van der Waals surface area contributed by atoms with Crippen molar-refractivity contribution in [1.82, 2.24) is 0 Å². The molecule has 3 heteroatoms. The monoisotopic (exact) mass is 298 g/mol. The van der Waals surface area contributed by atoms with Gasteiger partial charge in [-0.1, -0.05) is 27.7 Å². The fourth-order valence-corrected chi connectivity index (χ4v) is 3.62. The van der Waals surface area contributed by atoms with Gasteiger partial charge in [-0.25, -0.2) is 0 Å². The maximum absolute atomic E-state index is 10.7. The molecule has 1 aliphatic heterocycles. The lowest BCUT2D eigenvalue weighted by atomic mass is 9.71. The lowest BCUT2D eigenvalue weighted by molar-refractivity contribution is -0.215. The first-order valence-corrected chi connectivity index (χ1v) is 8.43. The molecule has 3 nitrogen and oxygen atoms in total. The molecule has 1 saturated heterocycles. The fraction of sp³-hybridized carbons (Fsp3) is 1.00. The van der Waals surface area contributed by atoms with Crippen LogP contribution in [0.2, 0.25) is 0 Å². The molecular weight excluding hydrogens is 264 g/mol. The number of rotatable bonds is 3. The van der Waals surface area contributed by atoms with E-state index >= 15 is 0 Å². The van der Waals surface area contributed by atoms with Gasteiger partial charge in [-0.15, -0.1) is 0 Å². The van der Waals surface area contributed by atoms with Gasteiger partial charge in [0.05, 0.1) is 23.9 Å². The van der Waals surface area contributed by atoms with Crippen molar-refractivity contribution in [2.24, 2.45) is 17.3 Å². The van der Waals surface area contributed by atoms with Crippen molar-refractivity contribution < 1.29 is 14.6 Å². The van der Waals surface area contributed by atoms with Gasteiger partial charge < -0.3 is 14.6 Å². The second kappa shape index (κ2) is 5.50. The molecule has 0 aromatic heterocycles. The molecule has 1 saturated carbocycles. The molecule has 2 aliphatic rings. The van der Waals surface area contributed by atoms with Crippen LogP contribution in [0.4, 0.5) is 0 Å². The minimum absolute atomic E-state index is 0.0117. The molecule has 0 bridgehead atoms. The highest BCUT2D eigenvalue weighted by Crippen LogP contribution is 2.56. The van der Waals surface area contributed by atoms with Gasteiger partial charge in [-0.2, -0.15) is 0 Å². The summed E-state index contributed by atoms with van der Waals surface area (Å²) in [4.78, 5) is 0. The van der Waals surface area contributed by atoms with E-state index in [2.05, 4.69) is 27.7 Å². The minimum atomic E-state index is -0.425. The van der Waals surface area contributed by atoms with Crippen molar-refractivity contribution in [1.29, 1.82) is 0 Å². The Morgan fingerprint density at radius 2 is 1.71 bits per heavy atom. The molecule has 0 amide bonds. The predicted octanol–water partition coefficient (Wildman–Crippen LogP) is 3.78. The van der Waals surface area contributed by atoms with E-state index in [4.69, 9.17) is 9.47 Å². The topological polar surface area (TPSA) is 38.7 Å². The van der Waals surface area contributed by atoms with Crippen LogP contribution in [0.25, 0.3) is 0 Å². The number of hydrogen-bond donors (Lipinski definition) is 1. The third-order valence-corrected chi connectivity index (χ3v) is 4.87. The van der Waals surface area contributed by atoms with Crippen LogP contribution in [0, 0.1) is 17.3 Å². The average Bonchev–Trinajstić information content (AvgIpc) is 3.06. The highest BCUT2D eigenvalue weighted by atomic mass is 16.6. The molecule has 4 unspecified atom stereocenters. The van der Waals surface area contributed by atoms with E-state index in [0.717, 1.165) is 19.3 Å². The van der Waals surface area contributed by atoms with Crippen LogP contribution >= 0.6 is 0 Å². The van der Waals surface area contributed by atoms with E-state index < -0.39 is 6.10 Å². The average molecular weight is 298 g/mol. The van der Waals surface area contributed by atoms with Gasteiger partial charge in [0, 0.05) is 0 Å². The molecule has 0 aromatic rings. The Labute approximate surface area is 130 Å². The van der Waals surface area contributed by atoms with Crippen LogP contribution in [0.15, 0.2) is 0 Å². The maximum atomic E-state index is 10.7.